The van der Waals surface area contributed by atoms with Crippen molar-refractivity contribution < 1.29 is 27.1 Å². The van der Waals surface area contributed by atoms with E-state index in [1.165, 1.54) is 35.1 Å². The Labute approximate surface area is 219 Å². The SMILES string of the molecule is CCOc1nn(-c2ccccc2)c(NC(=O)Nc2c(-c3cccc(F)c3)nc3c(C(F)(F)F)cccn23)c1C. The maximum absolute atomic E-state index is 14.0. The highest BCUT2D eigenvalue weighted by Crippen LogP contribution is 2.37. The molecule has 0 spiro atoms. The number of aromatic nitrogens is 4. The van der Waals surface area contributed by atoms with Crippen LogP contribution < -0.4 is 15.4 Å². The Morgan fingerprint density at radius 2 is 1.74 bits per heavy atom. The van der Waals surface area contributed by atoms with Crippen LogP contribution >= 0.6 is 0 Å². The Morgan fingerprint density at radius 3 is 2.44 bits per heavy atom. The molecule has 3 heterocycles. The van der Waals surface area contributed by atoms with Crippen molar-refractivity contribution in [3.8, 4) is 22.8 Å². The van der Waals surface area contributed by atoms with E-state index in [4.69, 9.17) is 4.74 Å². The molecule has 39 heavy (non-hydrogen) atoms. The van der Waals surface area contributed by atoms with Crippen LogP contribution in [0, 0.1) is 12.7 Å². The van der Waals surface area contributed by atoms with Crippen molar-refractivity contribution in [3.63, 3.8) is 0 Å². The van der Waals surface area contributed by atoms with E-state index >= 15 is 0 Å². The van der Waals surface area contributed by atoms with E-state index in [1.807, 2.05) is 6.07 Å². The normalized spacial score (nSPS) is 11.5. The van der Waals surface area contributed by atoms with Gasteiger partial charge in [-0.05, 0) is 50.2 Å². The smallest absolute Gasteiger partial charge is 0.419 e. The minimum absolute atomic E-state index is 0.0374. The standard InChI is InChI=1S/C27H22F4N6O2/c1-3-39-25-16(2)22(37(35-25)19-11-5-4-6-12-19)33-26(38)34-24-21(17-9-7-10-18(28)15-17)32-23-20(27(29,30)31)13-8-14-36(23)24/h4-15H,3H2,1-2H3,(H2,33,34,38). The first-order valence-corrected chi connectivity index (χ1v) is 11.9. The number of pyridine rings is 1. The van der Waals surface area contributed by atoms with Crippen LogP contribution in [0.1, 0.15) is 18.1 Å². The third-order valence-electron chi connectivity index (χ3n) is 5.88. The lowest BCUT2D eigenvalue weighted by molar-refractivity contribution is -0.136. The average Bonchev–Trinajstić information content (AvgIpc) is 3.42. The van der Waals surface area contributed by atoms with Crippen LogP contribution in [0.15, 0.2) is 72.9 Å². The molecule has 200 valence electrons. The fourth-order valence-electron chi connectivity index (χ4n) is 4.14. The van der Waals surface area contributed by atoms with Gasteiger partial charge in [0.25, 0.3) is 0 Å². The number of benzene rings is 2. The van der Waals surface area contributed by atoms with Gasteiger partial charge in [-0.2, -0.15) is 13.2 Å². The minimum Gasteiger partial charge on any atom is -0.477 e. The van der Waals surface area contributed by atoms with E-state index in [0.29, 0.717) is 29.6 Å². The summed E-state index contributed by atoms with van der Waals surface area (Å²) in [6.45, 7) is 3.86. The second kappa shape index (κ2) is 10.1. The number of nitrogens with zero attached hydrogens (tertiary/aromatic N) is 4. The molecule has 2 aromatic carbocycles. The largest absolute Gasteiger partial charge is 0.477 e. The van der Waals surface area contributed by atoms with Gasteiger partial charge in [0.2, 0.25) is 5.88 Å². The van der Waals surface area contributed by atoms with Gasteiger partial charge < -0.3 is 4.74 Å². The number of alkyl halides is 3. The van der Waals surface area contributed by atoms with E-state index in [-0.39, 0.29) is 17.1 Å². The van der Waals surface area contributed by atoms with Gasteiger partial charge in [-0.1, -0.05) is 30.3 Å². The number of fused-ring (bicyclic) bond motifs is 1. The first-order chi connectivity index (χ1) is 18.7. The molecule has 0 aliphatic rings. The lowest BCUT2D eigenvalue weighted by atomic mass is 10.1. The number of nitrogens with one attached hydrogen (secondary N) is 2. The number of hydrogen-bond donors (Lipinski definition) is 2. The molecule has 5 aromatic rings. The number of halogens is 4. The second-order valence-corrected chi connectivity index (χ2v) is 8.47. The van der Waals surface area contributed by atoms with E-state index in [2.05, 4.69) is 20.7 Å². The van der Waals surface area contributed by atoms with Crippen LogP contribution in [0.2, 0.25) is 0 Å². The molecule has 5 rings (SSSR count). The maximum Gasteiger partial charge on any atom is 0.419 e. The van der Waals surface area contributed by atoms with E-state index < -0.39 is 29.2 Å². The summed E-state index contributed by atoms with van der Waals surface area (Å²) in [5.74, 6) is -0.0875. The summed E-state index contributed by atoms with van der Waals surface area (Å²) in [6.07, 6.45) is -3.37. The molecule has 0 bridgehead atoms. The minimum atomic E-state index is -4.71. The number of amides is 2. The summed E-state index contributed by atoms with van der Waals surface area (Å²) in [5.41, 5.74) is -0.110. The van der Waals surface area contributed by atoms with Crippen LogP contribution in [0.5, 0.6) is 5.88 Å². The summed E-state index contributed by atoms with van der Waals surface area (Å²) in [4.78, 5) is 17.5. The number of anilines is 2. The zero-order valence-corrected chi connectivity index (χ0v) is 20.8. The number of carbonyl (C=O) groups excluding carboxylic acids is 1. The summed E-state index contributed by atoms with van der Waals surface area (Å²) >= 11 is 0. The summed E-state index contributed by atoms with van der Waals surface area (Å²) in [7, 11) is 0. The van der Waals surface area contributed by atoms with E-state index in [0.717, 1.165) is 16.5 Å². The van der Waals surface area contributed by atoms with Crippen LogP contribution in [0.3, 0.4) is 0 Å². The Bertz CT molecular complexity index is 1660. The summed E-state index contributed by atoms with van der Waals surface area (Å²) in [5, 5.41) is 9.78. The first-order valence-electron chi connectivity index (χ1n) is 11.9. The molecule has 0 saturated carbocycles. The highest BCUT2D eigenvalue weighted by molar-refractivity contribution is 6.02. The van der Waals surface area contributed by atoms with Gasteiger partial charge >= 0.3 is 12.2 Å². The molecule has 8 nitrogen and oxygen atoms in total. The zero-order chi connectivity index (χ0) is 27.7. The lowest BCUT2D eigenvalue weighted by Crippen LogP contribution is -2.23. The van der Waals surface area contributed by atoms with Gasteiger partial charge in [-0.15, -0.1) is 5.10 Å². The third kappa shape index (κ3) is 5.00. The number of para-hydroxylation sites is 1. The number of hydrogen-bond acceptors (Lipinski definition) is 4. The third-order valence-corrected chi connectivity index (χ3v) is 5.88. The number of ether oxygens (including phenoxy) is 1. The topological polar surface area (TPSA) is 85.5 Å². The maximum atomic E-state index is 14.0. The quantitative estimate of drug-likeness (QED) is 0.236. The fourth-order valence-corrected chi connectivity index (χ4v) is 4.14. The number of carbonyl (C=O) groups is 1. The summed E-state index contributed by atoms with van der Waals surface area (Å²) < 4.78 is 63.5. The molecule has 0 unspecified atom stereocenters. The molecule has 0 saturated heterocycles. The van der Waals surface area contributed by atoms with Crippen molar-refractivity contribution in [1.29, 1.82) is 0 Å². The predicted octanol–water partition coefficient (Wildman–Crippen LogP) is 6.70. The Kier molecular flexibility index (Phi) is 6.69. The number of rotatable bonds is 6. The lowest BCUT2D eigenvalue weighted by Gasteiger charge is -2.12. The van der Waals surface area contributed by atoms with Gasteiger partial charge in [0, 0.05) is 11.8 Å². The number of urea groups is 1. The van der Waals surface area contributed by atoms with Crippen LogP contribution in [0.4, 0.5) is 34.0 Å². The van der Waals surface area contributed by atoms with Crippen LogP contribution in [-0.2, 0) is 6.18 Å². The van der Waals surface area contributed by atoms with Crippen molar-refractivity contribution in [2.24, 2.45) is 0 Å². The molecule has 0 aliphatic carbocycles. The van der Waals surface area contributed by atoms with Crippen molar-refractivity contribution in [1.82, 2.24) is 19.2 Å². The molecule has 0 atom stereocenters. The predicted molar refractivity (Wildman–Crippen MR) is 138 cm³/mol. The van der Waals surface area contributed by atoms with E-state index in [1.54, 1.807) is 38.1 Å². The van der Waals surface area contributed by atoms with Crippen LogP contribution in [-0.4, -0.2) is 31.8 Å². The Balaban J connectivity index is 1.58. The molecule has 12 heteroatoms. The monoisotopic (exact) mass is 538 g/mol. The first kappa shape index (κ1) is 25.8. The Morgan fingerprint density at radius 1 is 1.00 bits per heavy atom. The van der Waals surface area contributed by atoms with Crippen molar-refractivity contribution in [2.45, 2.75) is 20.0 Å². The second-order valence-electron chi connectivity index (χ2n) is 8.47. The Hall–Kier alpha value is -4.87. The zero-order valence-electron chi connectivity index (χ0n) is 20.8. The molecular weight excluding hydrogens is 516 g/mol. The molecule has 0 fully saturated rings. The molecular formula is C27H22F4N6O2. The van der Waals surface area contributed by atoms with Crippen molar-refractivity contribution in [2.75, 3.05) is 17.2 Å². The molecule has 0 radical (unpaired) electrons. The fraction of sp³-hybridized carbons (Fsp3) is 0.148. The molecule has 3 aromatic heterocycles. The molecule has 2 amide bonds. The van der Waals surface area contributed by atoms with Gasteiger partial charge in [0.15, 0.2) is 5.65 Å². The van der Waals surface area contributed by atoms with Crippen LogP contribution in [0.25, 0.3) is 22.6 Å². The van der Waals surface area contributed by atoms with Crippen molar-refractivity contribution in [3.05, 3.63) is 89.9 Å². The molecule has 0 aliphatic heterocycles. The number of imidazole rings is 1. The van der Waals surface area contributed by atoms with Gasteiger partial charge in [-0.25, -0.2) is 18.9 Å². The highest BCUT2D eigenvalue weighted by Gasteiger charge is 2.35. The molecule has 2 N–H and O–H groups in total. The van der Waals surface area contributed by atoms with Gasteiger partial charge in [-0.3, -0.25) is 15.0 Å². The highest BCUT2D eigenvalue weighted by atomic mass is 19.4. The summed E-state index contributed by atoms with van der Waals surface area (Å²) in [6, 6.07) is 15.5. The van der Waals surface area contributed by atoms with E-state index in [9.17, 15) is 22.4 Å². The van der Waals surface area contributed by atoms with Gasteiger partial charge in [0.1, 0.15) is 23.1 Å². The van der Waals surface area contributed by atoms with Crippen molar-refractivity contribution >= 4 is 23.3 Å². The average molecular weight is 539 g/mol. The van der Waals surface area contributed by atoms with Gasteiger partial charge in [0.05, 0.1) is 23.4 Å².